The zero-order valence-electron chi connectivity index (χ0n) is 14.4. The molecule has 0 heterocycles. The van der Waals surface area contributed by atoms with Crippen LogP contribution in [0, 0.1) is 6.92 Å². The molecular weight excluding hydrogens is 340 g/mol. The molecule has 5 nitrogen and oxygen atoms in total. The topological polar surface area (TPSA) is 67.4 Å². The lowest BCUT2D eigenvalue weighted by Crippen LogP contribution is -2.38. The maximum atomic E-state index is 12.8. The Morgan fingerprint density at radius 3 is 2.32 bits per heavy atom. The highest BCUT2D eigenvalue weighted by Crippen LogP contribution is 2.26. The molecule has 0 bridgehead atoms. The number of benzene rings is 2. The number of aryl methyl sites for hydroxylation is 1. The fourth-order valence-electron chi connectivity index (χ4n) is 2.30. The minimum Gasteiger partial charge on any atom is -0.447 e. The second kappa shape index (κ2) is 8.53. The Bertz CT molecular complexity index is 727. The van der Waals surface area contributed by atoms with E-state index >= 15 is 0 Å². The number of carbonyl (C=O) groups is 2. The van der Waals surface area contributed by atoms with Gasteiger partial charge in [-0.05, 0) is 38.0 Å². The van der Waals surface area contributed by atoms with Crippen LogP contribution in [0.25, 0.3) is 0 Å². The number of hydrogen-bond donors (Lipinski definition) is 2. The molecule has 2 rings (SSSR count). The lowest BCUT2D eigenvalue weighted by Gasteiger charge is -2.20. The number of carbonyl (C=O) groups excluding carboxylic acids is 2. The Kier molecular flexibility index (Phi) is 6.42. The van der Waals surface area contributed by atoms with Crippen LogP contribution in [0.3, 0.4) is 0 Å². The predicted molar refractivity (Wildman–Crippen MR) is 98.8 cm³/mol. The summed E-state index contributed by atoms with van der Waals surface area (Å²) < 4.78 is 5.09. The van der Waals surface area contributed by atoms with Gasteiger partial charge in [0, 0.05) is 0 Å². The zero-order valence-corrected chi connectivity index (χ0v) is 15.1. The van der Waals surface area contributed by atoms with Gasteiger partial charge in [-0.15, -0.1) is 0 Å². The molecule has 2 aromatic carbocycles. The molecular formula is C19H21ClN2O3. The second-order valence-corrected chi connectivity index (χ2v) is 6.27. The van der Waals surface area contributed by atoms with Crippen molar-refractivity contribution in [3.63, 3.8) is 0 Å². The fraction of sp³-hybridized carbons (Fsp3) is 0.263. The van der Waals surface area contributed by atoms with Crippen molar-refractivity contribution in [1.82, 2.24) is 5.32 Å². The standard InChI is InChI=1S/C19H21ClN2O3/c1-12(2)25-19(24)22-17(14-9-5-4-6-10-14)18(23)21-16-13(3)8-7-11-15(16)20/h4-12,17H,1-3H3,(H,21,23)(H,22,24). The second-order valence-electron chi connectivity index (χ2n) is 5.86. The van der Waals surface area contributed by atoms with Crippen LogP contribution in [0.15, 0.2) is 48.5 Å². The van der Waals surface area contributed by atoms with Crippen LogP contribution >= 0.6 is 11.6 Å². The summed E-state index contributed by atoms with van der Waals surface area (Å²) in [6, 6.07) is 13.4. The highest BCUT2D eigenvalue weighted by Gasteiger charge is 2.24. The van der Waals surface area contributed by atoms with Crippen LogP contribution in [-0.2, 0) is 9.53 Å². The van der Waals surface area contributed by atoms with Crippen molar-refractivity contribution >= 4 is 29.3 Å². The number of alkyl carbamates (subject to hydrolysis) is 1. The number of nitrogens with one attached hydrogen (secondary N) is 2. The molecule has 6 heteroatoms. The summed E-state index contributed by atoms with van der Waals surface area (Å²) in [5, 5.41) is 5.84. The van der Waals surface area contributed by atoms with Crippen molar-refractivity contribution in [2.24, 2.45) is 0 Å². The minimum absolute atomic E-state index is 0.287. The van der Waals surface area contributed by atoms with Crippen LogP contribution in [0.2, 0.25) is 5.02 Å². The van der Waals surface area contributed by atoms with Gasteiger partial charge in [-0.2, -0.15) is 0 Å². The van der Waals surface area contributed by atoms with E-state index in [0.29, 0.717) is 16.3 Å². The number of ether oxygens (including phenoxy) is 1. The molecule has 0 aliphatic rings. The van der Waals surface area contributed by atoms with Crippen molar-refractivity contribution in [2.75, 3.05) is 5.32 Å². The van der Waals surface area contributed by atoms with Gasteiger partial charge in [0.15, 0.2) is 0 Å². The average Bonchev–Trinajstić information content (AvgIpc) is 2.56. The molecule has 0 fully saturated rings. The van der Waals surface area contributed by atoms with Crippen molar-refractivity contribution in [1.29, 1.82) is 0 Å². The Morgan fingerprint density at radius 2 is 1.72 bits per heavy atom. The predicted octanol–water partition coefficient (Wildman–Crippen LogP) is 4.46. The Labute approximate surface area is 152 Å². The molecule has 1 unspecified atom stereocenters. The highest BCUT2D eigenvalue weighted by molar-refractivity contribution is 6.34. The average molecular weight is 361 g/mol. The van der Waals surface area contributed by atoms with Gasteiger partial charge in [0.25, 0.3) is 5.91 Å². The molecule has 0 aliphatic heterocycles. The molecule has 1 atom stereocenters. The maximum Gasteiger partial charge on any atom is 0.408 e. The van der Waals surface area contributed by atoms with Crippen molar-refractivity contribution in [3.8, 4) is 0 Å². The van der Waals surface area contributed by atoms with Gasteiger partial charge < -0.3 is 15.4 Å². The summed E-state index contributed by atoms with van der Waals surface area (Å²) in [4.78, 5) is 24.8. The van der Waals surface area contributed by atoms with Gasteiger partial charge in [0.2, 0.25) is 0 Å². The van der Waals surface area contributed by atoms with Gasteiger partial charge >= 0.3 is 6.09 Å². The molecule has 2 amide bonds. The van der Waals surface area contributed by atoms with E-state index in [1.807, 2.05) is 19.1 Å². The third kappa shape index (κ3) is 5.22. The Balaban J connectivity index is 2.25. The molecule has 2 N–H and O–H groups in total. The van der Waals surface area contributed by atoms with E-state index in [9.17, 15) is 9.59 Å². The molecule has 0 saturated heterocycles. The smallest absolute Gasteiger partial charge is 0.408 e. The highest BCUT2D eigenvalue weighted by atomic mass is 35.5. The lowest BCUT2D eigenvalue weighted by molar-refractivity contribution is -0.118. The van der Waals surface area contributed by atoms with Gasteiger partial charge in [-0.25, -0.2) is 4.79 Å². The van der Waals surface area contributed by atoms with Gasteiger partial charge in [0.05, 0.1) is 16.8 Å². The summed E-state index contributed by atoms with van der Waals surface area (Å²) in [7, 11) is 0. The van der Waals surface area contributed by atoms with E-state index in [1.54, 1.807) is 50.2 Å². The fourth-order valence-corrected chi connectivity index (χ4v) is 2.57. The molecule has 0 aliphatic carbocycles. The molecule has 25 heavy (non-hydrogen) atoms. The first kappa shape index (κ1) is 18.8. The third-order valence-electron chi connectivity index (χ3n) is 3.47. The summed E-state index contributed by atoms with van der Waals surface area (Å²) in [5.74, 6) is -0.400. The van der Waals surface area contributed by atoms with Gasteiger partial charge in [0.1, 0.15) is 6.04 Å². The summed E-state index contributed by atoms with van der Waals surface area (Å²) in [6.07, 6.45) is -0.944. The SMILES string of the molecule is Cc1cccc(Cl)c1NC(=O)C(NC(=O)OC(C)C)c1ccccc1. The number of rotatable bonds is 5. The third-order valence-corrected chi connectivity index (χ3v) is 3.79. The van der Waals surface area contributed by atoms with Crippen LogP contribution in [0.4, 0.5) is 10.5 Å². The first-order chi connectivity index (χ1) is 11.9. The van der Waals surface area contributed by atoms with E-state index < -0.39 is 18.0 Å². The number of amides is 2. The first-order valence-electron chi connectivity index (χ1n) is 7.96. The number of para-hydroxylation sites is 1. The van der Waals surface area contributed by atoms with Crippen LogP contribution in [0.1, 0.15) is 31.0 Å². The normalized spacial score (nSPS) is 11.7. The summed E-state index contributed by atoms with van der Waals surface area (Å²) >= 11 is 6.17. The van der Waals surface area contributed by atoms with E-state index in [4.69, 9.17) is 16.3 Å². The molecule has 0 spiro atoms. The summed E-state index contributed by atoms with van der Waals surface area (Å²) in [5.41, 5.74) is 2.00. The maximum absolute atomic E-state index is 12.8. The van der Waals surface area contributed by atoms with Crippen LogP contribution in [0.5, 0.6) is 0 Å². The van der Waals surface area contributed by atoms with E-state index in [-0.39, 0.29) is 6.10 Å². The van der Waals surface area contributed by atoms with E-state index in [2.05, 4.69) is 10.6 Å². The number of halogens is 1. The quantitative estimate of drug-likeness (QED) is 0.827. The van der Waals surface area contributed by atoms with Crippen LogP contribution in [-0.4, -0.2) is 18.1 Å². The Morgan fingerprint density at radius 1 is 1.04 bits per heavy atom. The van der Waals surface area contributed by atoms with Crippen molar-refractivity contribution < 1.29 is 14.3 Å². The zero-order chi connectivity index (χ0) is 18.4. The monoisotopic (exact) mass is 360 g/mol. The largest absolute Gasteiger partial charge is 0.447 e. The molecule has 0 aromatic heterocycles. The van der Waals surface area contributed by atoms with E-state index in [1.165, 1.54) is 0 Å². The minimum atomic E-state index is -0.900. The van der Waals surface area contributed by atoms with Crippen molar-refractivity contribution in [2.45, 2.75) is 32.9 Å². The van der Waals surface area contributed by atoms with Crippen LogP contribution < -0.4 is 10.6 Å². The van der Waals surface area contributed by atoms with Gasteiger partial charge in [-0.1, -0.05) is 54.1 Å². The van der Waals surface area contributed by atoms with Gasteiger partial charge in [-0.3, -0.25) is 4.79 Å². The number of hydrogen-bond acceptors (Lipinski definition) is 3. The van der Waals surface area contributed by atoms with E-state index in [0.717, 1.165) is 5.56 Å². The summed E-state index contributed by atoms with van der Waals surface area (Å²) in [6.45, 7) is 5.33. The van der Waals surface area contributed by atoms with Crippen molar-refractivity contribution in [3.05, 3.63) is 64.7 Å². The Hall–Kier alpha value is -2.53. The lowest BCUT2D eigenvalue weighted by atomic mass is 10.1. The molecule has 2 aromatic rings. The molecule has 0 saturated carbocycles. The number of anilines is 1. The molecule has 132 valence electrons. The first-order valence-corrected chi connectivity index (χ1v) is 8.34. The molecule has 0 radical (unpaired) electrons.